The van der Waals surface area contributed by atoms with Gasteiger partial charge in [-0.05, 0) is 38.0 Å². The summed E-state index contributed by atoms with van der Waals surface area (Å²) in [5.74, 6) is -1.15. The molecule has 33 heavy (non-hydrogen) atoms. The second-order valence-corrected chi connectivity index (χ2v) is 8.85. The van der Waals surface area contributed by atoms with E-state index in [2.05, 4.69) is 23.8 Å². The Morgan fingerprint density at radius 3 is 1.64 bits per heavy atom. The Labute approximate surface area is 196 Å². The summed E-state index contributed by atoms with van der Waals surface area (Å²) in [4.78, 5) is 46.5. The zero-order chi connectivity index (χ0) is 25.8. The molecule has 2 N–H and O–H groups in total. The van der Waals surface area contributed by atoms with Crippen molar-refractivity contribution in [2.75, 3.05) is 13.1 Å². The van der Waals surface area contributed by atoms with Gasteiger partial charge in [0, 0.05) is 38.1 Å². The number of amides is 2. The van der Waals surface area contributed by atoms with Crippen molar-refractivity contribution in [2.24, 2.45) is 11.3 Å². The van der Waals surface area contributed by atoms with Crippen LogP contribution >= 0.6 is 0 Å². The van der Waals surface area contributed by atoms with E-state index in [0.29, 0.717) is 19.5 Å². The molecule has 188 valence electrons. The molecular formula is C23H38N2O8. The van der Waals surface area contributed by atoms with Crippen LogP contribution in [-0.4, -0.2) is 49.8 Å². The quantitative estimate of drug-likeness (QED) is 0.236. The molecule has 10 heteroatoms. The van der Waals surface area contributed by atoms with Gasteiger partial charge in [0.05, 0.1) is 0 Å². The van der Waals surface area contributed by atoms with E-state index in [1.54, 1.807) is 0 Å². The first-order chi connectivity index (χ1) is 15.1. The fourth-order valence-corrected chi connectivity index (χ4v) is 2.81. The molecular weight excluding hydrogens is 432 g/mol. The lowest BCUT2D eigenvalue weighted by Gasteiger charge is -2.28. The SMILES string of the molecule is C=C(C)C(=O)OC(C)OC(=O)NCCC(C)(C)CC(C)CNC(=O)OC(C)OC(=O)C(=C)C. The number of carbonyl (C=O) groups is 4. The second-order valence-electron chi connectivity index (χ2n) is 8.85. The van der Waals surface area contributed by atoms with Crippen LogP contribution in [0.2, 0.25) is 0 Å². The van der Waals surface area contributed by atoms with Crippen LogP contribution in [-0.2, 0) is 28.5 Å². The van der Waals surface area contributed by atoms with Crippen molar-refractivity contribution in [2.45, 2.75) is 73.9 Å². The molecule has 0 aromatic heterocycles. The van der Waals surface area contributed by atoms with Gasteiger partial charge in [-0.1, -0.05) is 33.9 Å². The maximum atomic E-state index is 11.9. The summed E-state index contributed by atoms with van der Waals surface area (Å²) < 4.78 is 19.7. The zero-order valence-electron chi connectivity index (χ0n) is 20.7. The predicted molar refractivity (Wildman–Crippen MR) is 122 cm³/mol. The number of hydrogen-bond donors (Lipinski definition) is 2. The van der Waals surface area contributed by atoms with E-state index in [4.69, 9.17) is 18.9 Å². The first kappa shape index (κ1) is 30.0. The van der Waals surface area contributed by atoms with Crippen molar-refractivity contribution < 1.29 is 38.1 Å². The Kier molecular flexibility index (Phi) is 12.9. The molecule has 0 heterocycles. The van der Waals surface area contributed by atoms with E-state index >= 15 is 0 Å². The lowest BCUT2D eigenvalue weighted by molar-refractivity contribution is -0.161. The molecule has 0 saturated carbocycles. The Balaban J connectivity index is 4.24. The number of hydrogen-bond acceptors (Lipinski definition) is 8. The summed E-state index contributed by atoms with van der Waals surface area (Å²) in [6.07, 6.45) is -2.01. The molecule has 3 unspecified atom stereocenters. The molecule has 0 aliphatic rings. The van der Waals surface area contributed by atoms with Crippen molar-refractivity contribution in [1.82, 2.24) is 10.6 Å². The summed E-state index contributed by atoms with van der Waals surface area (Å²) in [5.41, 5.74) is 0.288. The fourth-order valence-electron chi connectivity index (χ4n) is 2.81. The third-order valence-electron chi connectivity index (χ3n) is 4.36. The summed E-state index contributed by atoms with van der Waals surface area (Å²) in [7, 11) is 0. The van der Waals surface area contributed by atoms with Gasteiger partial charge in [-0.3, -0.25) is 0 Å². The van der Waals surface area contributed by atoms with Gasteiger partial charge < -0.3 is 29.6 Å². The summed E-state index contributed by atoms with van der Waals surface area (Å²) in [6, 6.07) is 0. The summed E-state index contributed by atoms with van der Waals surface area (Å²) >= 11 is 0. The maximum absolute atomic E-state index is 11.9. The van der Waals surface area contributed by atoms with Crippen molar-refractivity contribution in [3.63, 3.8) is 0 Å². The van der Waals surface area contributed by atoms with Crippen LogP contribution in [0.5, 0.6) is 0 Å². The molecule has 0 fully saturated rings. The maximum Gasteiger partial charge on any atom is 0.410 e. The van der Waals surface area contributed by atoms with Gasteiger partial charge in [-0.2, -0.15) is 0 Å². The van der Waals surface area contributed by atoms with Gasteiger partial charge in [-0.15, -0.1) is 0 Å². The molecule has 0 radical (unpaired) electrons. The zero-order valence-corrected chi connectivity index (χ0v) is 20.7. The minimum absolute atomic E-state index is 0.120. The van der Waals surface area contributed by atoms with Gasteiger partial charge in [0.1, 0.15) is 0 Å². The van der Waals surface area contributed by atoms with E-state index in [1.807, 2.05) is 20.8 Å². The Hall–Kier alpha value is -3.04. The molecule has 0 aliphatic heterocycles. The van der Waals surface area contributed by atoms with Crippen LogP contribution in [0.1, 0.15) is 61.3 Å². The van der Waals surface area contributed by atoms with E-state index in [-0.39, 0.29) is 22.5 Å². The van der Waals surface area contributed by atoms with Gasteiger partial charge in [0.2, 0.25) is 12.6 Å². The van der Waals surface area contributed by atoms with E-state index < -0.39 is 36.7 Å². The van der Waals surface area contributed by atoms with E-state index in [0.717, 1.165) is 6.42 Å². The van der Waals surface area contributed by atoms with Crippen LogP contribution in [0.4, 0.5) is 9.59 Å². The van der Waals surface area contributed by atoms with Crippen LogP contribution in [0.15, 0.2) is 24.3 Å². The third kappa shape index (κ3) is 14.6. The van der Waals surface area contributed by atoms with Gasteiger partial charge in [0.25, 0.3) is 0 Å². The normalized spacial score (nSPS) is 13.5. The number of ether oxygens (including phenoxy) is 4. The van der Waals surface area contributed by atoms with Crippen molar-refractivity contribution >= 4 is 24.1 Å². The van der Waals surface area contributed by atoms with E-state index in [1.165, 1.54) is 27.7 Å². The Morgan fingerprint density at radius 2 is 1.21 bits per heavy atom. The van der Waals surface area contributed by atoms with Crippen LogP contribution in [0, 0.1) is 11.3 Å². The third-order valence-corrected chi connectivity index (χ3v) is 4.36. The molecule has 0 saturated heterocycles. The molecule has 0 aliphatic carbocycles. The average Bonchev–Trinajstić information content (AvgIpc) is 2.65. The topological polar surface area (TPSA) is 129 Å². The number of nitrogens with one attached hydrogen (secondary N) is 2. The fraction of sp³-hybridized carbons (Fsp3) is 0.652. The summed E-state index contributed by atoms with van der Waals surface area (Å²) in [6.45, 7) is 19.6. The minimum Gasteiger partial charge on any atom is -0.422 e. The van der Waals surface area contributed by atoms with Crippen molar-refractivity contribution in [1.29, 1.82) is 0 Å². The molecule has 3 atom stereocenters. The Bertz CT molecular complexity index is 732. The molecule has 2 amide bonds. The number of alkyl carbamates (subject to hydrolysis) is 2. The number of esters is 2. The van der Waals surface area contributed by atoms with E-state index in [9.17, 15) is 19.2 Å². The lowest BCUT2D eigenvalue weighted by atomic mass is 9.80. The van der Waals surface area contributed by atoms with Crippen LogP contribution in [0.3, 0.4) is 0 Å². The lowest BCUT2D eigenvalue weighted by Crippen LogP contribution is -2.35. The first-order valence-electron chi connectivity index (χ1n) is 10.7. The van der Waals surface area contributed by atoms with Crippen molar-refractivity contribution in [3.8, 4) is 0 Å². The first-order valence-corrected chi connectivity index (χ1v) is 10.7. The monoisotopic (exact) mass is 470 g/mol. The minimum atomic E-state index is -1.03. The smallest absolute Gasteiger partial charge is 0.410 e. The molecule has 0 rings (SSSR count). The largest absolute Gasteiger partial charge is 0.422 e. The second kappa shape index (κ2) is 14.2. The highest BCUT2D eigenvalue weighted by Gasteiger charge is 2.23. The molecule has 0 aromatic carbocycles. The highest BCUT2D eigenvalue weighted by molar-refractivity contribution is 5.87. The van der Waals surface area contributed by atoms with Crippen LogP contribution in [0.25, 0.3) is 0 Å². The summed E-state index contributed by atoms with van der Waals surface area (Å²) in [5, 5.41) is 5.27. The standard InChI is InChI=1S/C23H38N2O8/c1-14(2)19(26)30-17(6)32-21(28)24-11-10-23(8,9)12-16(5)13-25-22(29)33-18(7)31-20(27)15(3)4/h16-18H,1,3,10-13H2,2,4-9H3,(H,24,28)(H,25,29). The van der Waals surface area contributed by atoms with Gasteiger partial charge in [0.15, 0.2) is 0 Å². The highest BCUT2D eigenvalue weighted by atomic mass is 16.7. The molecule has 10 nitrogen and oxygen atoms in total. The molecule has 0 spiro atoms. The molecule has 0 bridgehead atoms. The average molecular weight is 471 g/mol. The number of carbonyl (C=O) groups excluding carboxylic acids is 4. The van der Waals surface area contributed by atoms with Gasteiger partial charge in [-0.25, -0.2) is 19.2 Å². The van der Waals surface area contributed by atoms with Crippen molar-refractivity contribution in [3.05, 3.63) is 24.3 Å². The number of rotatable bonds is 13. The highest BCUT2D eigenvalue weighted by Crippen LogP contribution is 2.28. The Morgan fingerprint density at radius 1 is 0.788 bits per heavy atom. The van der Waals surface area contributed by atoms with Gasteiger partial charge >= 0.3 is 24.1 Å². The molecule has 0 aromatic rings. The van der Waals surface area contributed by atoms with Crippen LogP contribution < -0.4 is 10.6 Å². The predicted octanol–water partition coefficient (Wildman–Crippen LogP) is 3.81.